The summed E-state index contributed by atoms with van der Waals surface area (Å²) in [6.45, 7) is 3.44. The Morgan fingerprint density at radius 2 is 2.43 bits per heavy atom. The van der Waals surface area contributed by atoms with Gasteiger partial charge in [-0.2, -0.15) is 0 Å². The molecule has 1 rings (SSSR count). The predicted molar refractivity (Wildman–Crippen MR) is 39.9 cm³/mol. The molecular formula is C5H10IN. The highest BCUT2D eigenvalue weighted by molar-refractivity contribution is 14.1. The van der Waals surface area contributed by atoms with Crippen molar-refractivity contribution in [3.8, 4) is 0 Å². The second kappa shape index (κ2) is 2.31. The van der Waals surface area contributed by atoms with E-state index in [0.717, 1.165) is 9.97 Å². The van der Waals surface area contributed by atoms with E-state index in [0.29, 0.717) is 0 Å². The molecule has 0 spiro atoms. The van der Waals surface area contributed by atoms with Crippen molar-refractivity contribution in [3.63, 3.8) is 0 Å². The van der Waals surface area contributed by atoms with Crippen LogP contribution in [0.2, 0.25) is 0 Å². The monoisotopic (exact) mass is 211 g/mol. The summed E-state index contributed by atoms with van der Waals surface area (Å²) >= 11 is 2.48. The van der Waals surface area contributed by atoms with Crippen LogP contribution in [0, 0.1) is 0 Å². The summed E-state index contributed by atoms with van der Waals surface area (Å²) < 4.78 is 0.882. The van der Waals surface area contributed by atoms with Crippen LogP contribution in [0.5, 0.6) is 0 Å². The van der Waals surface area contributed by atoms with Crippen molar-refractivity contribution in [3.05, 3.63) is 0 Å². The summed E-state index contributed by atoms with van der Waals surface area (Å²) in [5.74, 6) is 0. The van der Waals surface area contributed by atoms with Gasteiger partial charge in [0.25, 0.3) is 0 Å². The van der Waals surface area contributed by atoms with Gasteiger partial charge in [-0.05, 0) is 13.3 Å². The number of alkyl halides is 1. The Balaban J connectivity index is 2.26. The van der Waals surface area contributed by atoms with Crippen LogP contribution >= 0.6 is 22.6 Å². The molecule has 1 aliphatic rings. The Morgan fingerprint density at radius 1 is 1.71 bits per heavy atom. The fourth-order valence-electron chi connectivity index (χ4n) is 0.879. The molecule has 0 aromatic carbocycles. The Morgan fingerprint density at radius 3 is 2.57 bits per heavy atom. The smallest absolute Gasteiger partial charge is 0.0249 e. The maximum atomic E-state index is 3.36. The standard InChI is InChI=1S/C5H10IN/c1-4-2-5(6)3-7-4/h4-5,7H,2-3H2,1H3. The molecule has 1 saturated heterocycles. The number of nitrogens with one attached hydrogen (secondary N) is 1. The van der Waals surface area contributed by atoms with Crippen LogP contribution in [0.15, 0.2) is 0 Å². The van der Waals surface area contributed by atoms with Crippen molar-refractivity contribution in [1.82, 2.24) is 5.32 Å². The van der Waals surface area contributed by atoms with Crippen LogP contribution in [-0.2, 0) is 0 Å². The molecular weight excluding hydrogens is 201 g/mol. The second-order valence-electron chi connectivity index (χ2n) is 2.14. The first-order chi connectivity index (χ1) is 3.29. The van der Waals surface area contributed by atoms with Gasteiger partial charge >= 0.3 is 0 Å². The molecule has 2 heteroatoms. The third kappa shape index (κ3) is 1.57. The molecule has 7 heavy (non-hydrogen) atoms. The lowest BCUT2D eigenvalue weighted by Gasteiger charge is -1.95. The third-order valence-corrected chi connectivity index (χ3v) is 2.25. The van der Waals surface area contributed by atoms with Crippen molar-refractivity contribution in [2.75, 3.05) is 6.54 Å². The molecule has 42 valence electrons. The summed E-state index contributed by atoms with van der Waals surface area (Å²) in [7, 11) is 0. The molecule has 0 aromatic heterocycles. The summed E-state index contributed by atoms with van der Waals surface area (Å²) in [6, 6.07) is 0.766. The first-order valence-corrected chi connectivity index (χ1v) is 3.91. The molecule has 0 radical (unpaired) electrons. The number of rotatable bonds is 0. The van der Waals surface area contributed by atoms with E-state index in [4.69, 9.17) is 0 Å². The van der Waals surface area contributed by atoms with E-state index in [1.54, 1.807) is 0 Å². The number of halogens is 1. The van der Waals surface area contributed by atoms with Crippen LogP contribution in [-0.4, -0.2) is 16.5 Å². The van der Waals surface area contributed by atoms with Gasteiger partial charge in [-0.1, -0.05) is 22.6 Å². The second-order valence-corrected chi connectivity index (χ2v) is 3.90. The Kier molecular flexibility index (Phi) is 1.92. The van der Waals surface area contributed by atoms with Crippen LogP contribution in [0.1, 0.15) is 13.3 Å². The minimum Gasteiger partial charge on any atom is -0.313 e. The molecule has 0 saturated carbocycles. The maximum absolute atomic E-state index is 3.36. The highest BCUT2D eigenvalue weighted by Gasteiger charge is 2.16. The zero-order valence-corrected chi connectivity index (χ0v) is 6.60. The fraction of sp³-hybridized carbons (Fsp3) is 1.00. The number of hydrogen-bond acceptors (Lipinski definition) is 1. The van der Waals surface area contributed by atoms with Gasteiger partial charge in [0.1, 0.15) is 0 Å². The average molecular weight is 211 g/mol. The molecule has 2 atom stereocenters. The normalized spacial score (nSPS) is 42.0. The number of hydrogen-bond donors (Lipinski definition) is 1. The van der Waals surface area contributed by atoms with E-state index >= 15 is 0 Å². The third-order valence-electron chi connectivity index (χ3n) is 1.30. The van der Waals surface area contributed by atoms with Gasteiger partial charge in [-0.25, -0.2) is 0 Å². The van der Waals surface area contributed by atoms with E-state index in [2.05, 4.69) is 34.8 Å². The van der Waals surface area contributed by atoms with Crippen molar-refractivity contribution >= 4 is 22.6 Å². The van der Waals surface area contributed by atoms with Crippen LogP contribution < -0.4 is 5.32 Å². The average Bonchev–Trinajstić information content (AvgIpc) is 1.87. The predicted octanol–water partition coefficient (Wildman–Crippen LogP) is 1.17. The SMILES string of the molecule is CC1CC(I)CN1. The Bertz CT molecular complexity index is 57.1. The first kappa shape index (κ1) is 5.82. The molecule has 1 nitrogen and oxygen atoms in total. The molecule has 1 fully saturated rings. The van der Waals surface area contributed by atoms with E-state index in [9.17, 15) is 0 Å². The van der Waals surface area contributed by atoms with Gasteiger partial charge in [0, 0.05) is 16.5 Å². The highest BCUT2D eigenvalue weighted by Crippen LogP contribution is 2.13. The van der Waals surface area contributed by atoms with Gasteiger partial charge < -0.3 is 5.32 Å². The molecule has 0 aliphatic carbocycles. The van der Waals surface area contributed by atoms with E-state index in [1.807, 2.05) is 0 Å². The molecule has 1 N–H and O–H groups in total. The van der Waals surface area contributed by atoms with Crippen molar-refractivity contribution < 1.29 is 0 Å². The maximum Gasteiger partial charge on any atom is 0.0249 e. The first-order valence-electron chi connectivity index (χ1n) is 2.66. The molecule has 0 aromatic rings. The minimum atomic E-state index is 0.766. The Labute approximate surface area is 58.0 Å². The molecule has 0 amide bonds. The zero-order valence-electron chi connectivity index (χ0n) is 4.45. The quantitative estimate of drug-likeness (QED) is 0.468. The van der Waals surface area contributed by atoms with Crippen LogP contribution in [0.3, 0.4) is 0 Å². The van der Waals surface area contributed by atoms with Crippen LogP contribution in [0.4, 0.5) is 0 Å². The minimum absolute atomic E-state index is 0.766. The summed E-state index contributed by atoms with van der Waals surface area (Å²) in [5.41, 5.74) is 0. The van der Waals surface area contributed by atoms with E-state index in [1.165, 1.54) is 13.0 Å². The van der Waals surface area contributed by atoms with Crippen LogP contribution in [0.25, 0.3) is 0 Å². The molecule has 1 aliphatic heterocycles. The molecule has 0 bridgehead atoms. The molecule has 2 unspecified atom stereocenters. The zero-order chi connectivity index (χ0) is 5.28. The topological polar surface area (TPSA) is 12.0 Å². The summed E-state index contributed by atoms with van der Waals surface area (Å²) in [4.78, 5) is 0. The van der Waals surface area contributed by atoms with Gasteiger partial charge in [0.15, 0.2) is 0 Å². The van der Waals surface area contributed by atoms with E-state index < -0.39 is 0 Å². The lowest BCUT2D eigenvalue weighted by molar-refractivity contribution is 0.665. The fourth-order valence-corrected chi connectivity index (χ4v) is 1.90. The lowest BCUT2D eigenvalue weighted by atomic mass is 10.3. The van der Waals surface area contributed by atoms with E-state index in [-0.39, 0.29) is 0 Å². The van der Waals surface area contributed by atoms with Gasteiger partial charge in [0.2, 0.25) is 0 Å². The Hall–Kier alpha value is 0.690. The summed E-state index contributed by atoms with van der Waals surface area (Å²) in [6.07, 6.45) is 1.35. The van der Waals surface area contributed by atoms with Gasteiger partial charge in [0.05, 0.1) is 0 Å². The van der Waals surface area contributed by atoms with Gasteiger partial charge in [-0.15, -0.1) is 0 Å². The van der Waals surface area contributed by atoms with Gasteiger partial charge in [-0.3, -0.25) is 0 Å². The lowest BCUT2D eigenvalue weighted by Crippen LogP contribution is -2.16. The van der Waals surface area contributed by atoms with Crippen molar-refractivity contribution in [2.24, 2.45) is 0 Å². The largest absolute Gasteiger partial charge is 0.313 e. The van der Waals surface area contributed by atoms with Crippen molar-refractivity contribution in [1.29, 1.82) is 0 Å². The molecule has 1 heterocycles. The highest BCUT2D eigenvalue weighted by atomic mass is 127. The van der Waals surface area contributed by atoms with Crippen molar-refractivity contribution in [2.45, 2.75) is 23.3 Å². The summed E-state index contributed by atoms with van der Waals surface area (Å²) in [5, 5.41) is 3.36.